The summed E-state index contributed by atoms with van der Waals surface area (Å²) < 4.78 is 26.9. The van der Waals surface area contributed by atoms with Gasteiger partial charge in [0.05, 0.1) is 11.7 Å². The minimum Gasteiger partial charge on any atom is -0.342 e. The molecule has 2 aromatic heterocycles. The Kier molecular flexibility index (Phi) is 6.62. The van der Waals surface area contributed by atoms with E-state index in [9.17, 15) is 13.6 Å². The Morgan fingerprint density at radius 3 is 2.58 bits per heavy atom. The Morgan fingerprint density at radius 1 is 1.06 bits per heavy atom. The first-order valence-corrected chi connectivity index (χ1v) is 10.4. The van der Waals surface area contributed by atoms with Crippen LogP contribution in [-0.2, 0) is 6.54 Å². The van der Waals surface area contributed by atoms with E-state index in [4.69, 9.17) is 0 Å². The number of carbonyl (C=O) groups excluding carboxylic acids is 1. The molecule has 2 atom stereocenters. The van der Waals surface area contributed by atoms with Crippen molar-refractivity contribution in [1.82, 2.24) is 20.2 Å². The van der Waals surface area contributed by atoms with Crippen molar-refractivity contribution in [2.24, 2.45) is 5.92 Å². The van der Waals surface area contributed by atoms with Crippen molar-refractivity contribution in [3.8, 4) is 0 Å². The van der Waals surface area contributed by atoms with Crippen molar-refractivity contribution < 1.29 is 13.6 Å². The first-order valence-electron chi connectivity index (χ1n) is 10.4. The van der Waals surface area contributed by atoms with Crippen LogP contribution >= 0.6 is 0 Å². The molecule has 4 rings (SSSR count). The fourth-order valence-corrected chi connectivity index (χ4v) is 4.11. The van der Waals surface area contributed by atoms with Gasteiger partial charge in [-0.2, -0.15) is 0 Å². The van der Waals surface area contributed by atoms with E-state index < -0.39 is 11.6 Å². The minimum atomic E-state index is -0.840. The molecule has 3 heterocycles. The Morgan fingerprint density at radius 2 is 1.87 bits per heavy atom. The van der Waals surface area contributed by atoms with Crippen LogP contribution in [0, 0.1) is 17.6 Å². The summed E-state index contributed by atoms with van der Waals surface area (Å²) in [5.41, 5.74) is 1.88. The number of nitrogens with one attached hydrogen (secondary N) is 1. The molecule has 0 saturated carbocycles. The number of likely N-dealkylation sites (tertiary alicyclic amines) is 1. The molecular weight excluding hydrogens is 398 g/mol. The Labute approximate surface area is 180 Å². The van der Waals surface area contributed by atoms with Gasteiger partial charge in [0.15, 0.2) is 11.6 Å². The molecule has 160 valence electrons. The van der Waals surface area contributed by atoms with E-state index >= 15 is 0 Å². The van der Waals surface area contributed by atoms with Crippen molar-refractivity contribution in [3.63, 3.8) is 0 Å². The Balaban J connectivity index is 1.51. The summed E-state index contributed by atoms with van der Waals surface area (Å²) in [4.78, 5) is 23.7. The van der Waals surface area contributed by atoms with Gasteiger partial charge in [-0.1, -0.05) is 18.2 Å². The topological polar surface area (TPSA) is 58.1 Å². The number of nitrogens with zero attached hydrogens (tertiary/aromatic N) is 3. The second-order valence-electron chi connectivity index (χ2n) is 7.81. The predicted octanol–water partition coefficient (Wildman–Crippen LogP) is 4.14. The number of carbonyl (C=O) groups is 1. The van der Waals surface area contributed by atoms with Crippen molar-refractivity contribution in [1.29, 1.82) is 0 Å². The number of rotatable bonds is 6. The molecule has 1 N–H and O–H groups in total. The standard InChI is InChI=1S/C24H24F2N4O/c25-19-10-9-17(14-20(19)26)15-30-13-5-6-18(16-30)23(21-7-1-3-11-27-21)29-24(31)22-8-2-4-12-28-22/h1-4,7-12,14,18,23H,5-6,13,15-16H2,(H,29,31)/t18-,23+/m1/s1. The fraction of sp³-hybridized carbons (Fsp3) is 0.292. The van der Waals surface area contributed by atoms with Gasteiger partial charge in [0.25, 0.3) is 5.91 Å². The smallest absolute Gasteiger partial charge is 0.270 e. The normalized spacial score (nSPS) is 17.8. The molecule has 1 aromatic carbocycles. The van der Waals surface area contributed by atoms with Crippen LogP contribution < -0.4 is 5.32 Å². The summed E-state index contributed by atoms with van der Waals surface area (Å²) in [6, 6.07) is 14.6. The molecule has 1 aliphatic heterocycles. The highest BCUT2D eigenvalue weighted by molar-refractivity contribution is 5.92. The molecule has 0 bridgehead atoms. The van der Waals surface area contributed by atoms with Gasteiger partial charge in [-0.15, -0.1) is 0 Å². The van der Waals surface area contributed by atoms with Gasteiger partial charge in [0.1, 0.15) is 5.69 Å². The number of benzene rings is 1. The zero-order valence-corrected chi connectivity index (χ0v) is 17.0. The number of hydrogen-bond acceptors (Lipinski definition) is 4. The average Bonchev–Trinajstić information content (AvgIpc) is 2.81. The molecular formula is C24H24F2N4O. The molecule has 1 saturated heterocycles. The van der Waals surface area contributed by atoms with Crippen LogP contribution in [0.5, 0.6) is 0 Å². The average molecular weight is 422 g/mol. The maximum absolute atomic E-state index is 13.6. The third-order valence-electron chi connectivity index (χ3n) is 5.59. The number of pyridine rings is 2. The van der Waals surface area contributed by atoms with Crippen LogP contribution in [0.3, 0.4) is 0 Å². The molecule has 31 heavy (non-hydrogen) atoms. The number of aromatic nitrogens is 2. The van der Waals surface area contributed by atoms with E-state index in [2.05, 4.69) is 20.2 Å². The second kappa shape index (κ2) is 9.75. The van der Waals surface area contributed by atoms with E-state index in [1.165, 1.54) is 6.07 Å². The van der Waals surface area contributed by atoms with E-state index in [1.807, 2.05) is 18.2 Å². The van der Waals surface area contributed by atoms with Gasteiger partial charge < -0.3 is 5.32 Å². The lowest BCUT2D eigenvalue weighted by Gasteiger charge is -2.37. The van der Waals surface area contributed by atoms with E-state index in [1.54, 1.807) is 36.7 Å². The van der Waals surface area contributed by atoms with Gasteiger partial charge in [-0.3, -0.25) is 19.7 Å². The molecule has 5 nitrogen and oxygen atoms in total. The summed E-state index contributed by atoms with van der Waals surface area (Å²) in [5.74, 6) is -1.79. The summed E-state index contributed by atoms with van der Waals surface area (Å²) in [7, 11) is 0. The number of amides is 1. The molecule has 1 fully saturated rings. The highest BCUT2D eigenvalue weighted by atomic mass is 19.2. The fourth-order valence-electron chi connectivity index (χ4n) is 4.11. The maximum Gasteiger partial charge on any atom is 0.270 e. The molecule has 7 heteroatoms. The molecule has 0 unspecified atom stereocenters. The van der Waals surface area contributed by atoms with Gasteiger partial charge >= 0.3 is 0 Å². The lowest BCUT2D eigenvalue weighted by Crippen LogP contribution is -2.43. The summed E-state index contributed by atoms with van der Waals surface area (Å²) >= 11 is 0. The van der Waals surface area contributed by atoms with Crippen molar-refractivity contribution >= 4 is 5.91 Å². The molecule has 0 spiro atoms. The Bertz CT molecular complexity index is 1020. The van der Waals surface area contributed by atoms with Crippen LogP contribution in [-0.4, -0.2) is 33.9 Å². The van der Waals surface area contributed by atoms with Crippen LogP contribution in [0.1, 0.15) is 40.6 Å². The first-order chi connectivity index (χ1) is 15.1. The molecule has 0 radical (unpaired) electrons. The largest absolute Gasteiger partial charge is 0.342 e. The third kappa shape index (κ3) is 5.30. The highest BCUT2D eigenvalue weighted by Gasteiger charge is 2.31. The molecule has 3 aromatic rings. The van der Waals surface area contributed by atoms with Crippen LogP contribution in [0.4, 0.5) is 8.78 Å². The van der Waals surface area contributed by atoms with Gasteiger partial charge in [-0.25, -0.2) is 8.78 Å². The van der Waals surface area contributed by atoms with Crippen molar-refractivity contribution in [3.05, 3.63) is 95.6 Å². The van der Waals surface area contributed by atoms with Gasteiger partial charge in [-0.05, 0) is 67.3 Å². The van der Waals surface area contributed by atoms with Crippen LogP contribution in [0.25, 0.3) is 0 Å². The predicted molar refractivity (Wildman–Crippen MR) is 113 cm³/mol. The van der Waals surface area contributed by atoms with Crippen molar-refractivity contribution in [2.75, 3.05) is 13.1 Å². The summed E-state index contributed by atoms with van der Waals surface area (Å²) in [6.07, 6.45) is 5.18. The zero-order chi connectivity index (χ0) is 21.6. The zero-order valence-electron chi connectivity index (χ0n) is 17.0. The maximum atomic E-state index is 13.6. The SMILES string of the molecule is O=C(N[C@H](c1ccccn1)[C@@H]1CCCN(Cc2ccc(F)c(F)c2)C1)c1ccccn1. The number of hydrogen-bond donors (Lipinski definition) is 1. The van der Waals surface area contributed by atoms with Gasteiger partial charge in [0, 0.05) is 25.5 Å². The van der Waals surface area contributed by atoms with E-state index in [-0.39, 0.29) is 17.9 Å². The summed E-state index contributed by atoms with van der Waals surface area (Å²) in [6.45, 7) is 2.10. The van der Waals surface area contributed by atoms with E-state index in [0.29, 0.717) is 18.8 Å². The lowest BCUT2D eigenvalue weighted by atomic mass is 9.88. The van der Waals surface area contributed by atoms with E-state index in [0.717, 1.165) is 36.7 Å². The quantitative estimate of drug-likeness (QED) is 0.649. The first kappa shape index (κ1) is 21.1. The second-order valence-corrected chi connectivity index (χ2v) is 7.81. The lowest BCUT2D eigenvalue weighted by molar-refractivity contribution is 0.0870. The van der Waals surface area contributed by atoms with Crippen molar-refractivity contribution in [2.45, 2.75) is 25.4 Å². The molecule has 1 amide bonds. The Hall–Kier alpha value is -3.19. The number of halogens is 2. The minimum absolute atomic E-state index is 0.126. The molecule has 0 aliphatic carbocycles. The summed E-state index contributed by atoms with van der Waals surface area (Å²) in [5, 5.41) is 3.12. The van der Waals surface area contributed by atoms with Crippen LogP contribution in [0.15, 0.2) is 67.0 Å². The van der Waals surface area contributed by atoms with Gasteiger partial charge in [0.2, 0.25) is 0 Å². The highest BCUT2D eigenvalue weighted by Crippen LogP contribution is 2.30. The van der Waals surface area contributed by atoms with Crippen LogP contribution in [0.2, 0.25) is 0 Å². The number of piperidine rings is 1. The molecule has 1 aliphatic rings. The third-order valence-corrected chi connectivity index (χ3v) is 5.59. The monoisotopic (exact) mass is 422 g/mol.